The Bertz CT molecular complexity index is 1340. The van der Waals surface area contributed by atoms with Crippen LogP contribution in [0.15, 0.2) is 91.0 Å². The molecular weight excluding hydrogens is 472 g/mol. The number of ether oxygens (including phenoxy) is 2. The number of imide groups is 1. The lowest BCUT2D eigenvalue weighted by Crippen LogP contribution is -2.31. The van der Waals surface area contributed by atoms with Crippen LogP contribution in [0.3, 0.4) is 0 Å². The minimum Gasteiger partial charge on any atom is -0.457 e. The van der Waals surface area contributed by atoms with Crippen LogP contribution in [0.4, 0.5) is 11.4 Å². The molecule has 1 saturated heterocycles. The third-order valence-electron chi connectivity index (χ3n) is 6.30. The number of esters is 1. The fourth-order valence-electron chi connectivity index (χ4n) is 4.47. The predicted molar refractivity (Wildman–Crippen MR) is 136 cm³/mol. The summed E-state index contributed by atoms with van der Waals surface area (Å²) in [6.07, 6.45) is 4.90. The summed E-state index contributed by atoms with van der Waals surface area (Å²) in [5.74, 6) is -1.19. The summed E-state index contributed by atoms with van der Waals surface area (Å²) < 4.78 is 10.9. The average Bonchev–Trinajstić information content (AvgIpc) is 3.19. The highest BCUT2D eigenvalue weighted by atomic mass is 16.5. The number of allylic oxidation sites excluding steroid dienone is 2. The Morgan fingerprint density at radius 2 is 1.46 bits per heavy atom. The van der Waals surface area contributed by atoms with Crippen molar-refractivity contribution in [3.63, 3.8) is 0 Å². The average molecular weight is 497 g/mol. The molecule has 3 aromatic rings. The molecule has 3 amide bonds. The molecule has 8 nitrogen and oxygen atoms in total. The largest absolute Gasteiger partial charge is 0.457 e. The molecule has 0 aromatic heterocycles. The van der Waals surface area contributed by atoms with Crippen molar-refractivity contribution in [2.75, 3.05) is 16.8 Å². The molecule has 186 valence electrons. The lowest BCUT2D eigenvalue weighted by atomic mass is 9.85. The van der Waals surface area contributed by atoms with Crippen LogP contribution in [0.1, 0.15) is 23.2 Å². The van der Waals surface area contributed by atoms with E-state index in [1.54, 1.807) is 36.4 Å². The van der Waals surface area contributed by atoms with Crippen LogP contribution < -0.4 is 15.0 Å². The minimum atomic E-state index is -0.734. The van der Waals surface area contributed by atoms with Crippen molar-refractivity contribution in [2.24, 2.45) is 11.8 Å². The number of carbonyl (C=O) groups excluding carboxylic acids is 4. The maximum Gasteiger partial charge on any atom is 0.338 e. The SMILES string of the molecule is O=C(COC(=O)c1cccc(N2C(=O)[C@H]3CC=CC[C@H]3C2=O)c1)Nc1ccc(Oc2ccccc2)cc1. The van der Waals surface area contributed by atoms with Gasteiger partial charge in [0.05, 0.1) is 23.1 Å². The lowest BCUT2D eigenvalue weighted by molar-refractivity contribution is -0.122. The first kappa shape index (κ1) is 24.0. The first-order chi connectivity index (χ1) is 18.0. The predicted octanol–water partition coefficient (Wildman–Crippen LogP) is 4.73. The topological polar surface area (TPSA) is 102 Å². The summed E-state index contributed by atoms with van der Waals surface area (Å²) in [6.45, 7) is -0.497. The number of nitrogens with zero attached hydrogens (tertiary/aromatic N) is 1. The van der Waals surface area contributed by atoms with Crippen molar-refractivity contribution >= 4 is 35.1 Å². The molecule has 1 heterocycles. The molecule has 0 bridgehead atoms. The number of fused-ring (bicyclic) bond motifs is 1. The van der Waals surface area contributed by atoms with Crippen LogP contribution >= 0.6 is 0 Å². The van der Waals surface area contributed by atoms with Crippen LogP contribution in [0.25, 0.3) is 0 Å². The van der Waals surface area contributed by atoms with E-state index in [9.17, 15) is 19.2 Å². The highest BCUT2D eigenvalue weighted by molar-refractivity contribution is 6.22. The number of hydrogen-bond donors (Lipinski definition) is 1. The molecule has 37 heavy (non-hydrogen) atoms. The molecule has 1 fully saturated rings. The van der Waals surface area contributed by atoms with Gasteiger partial charge in [0.2, 0.25) is 11.8 Å². The van der Waals surface area contributed by atoms with Gasteiger partial charge in [0.1, 0.15) is 11.5 Å². The standard InChI is InChI=1S/C29H24N2O6/c32-26(30-20-13-15-23(16-14-20)37-22-9-2-1-3-10-22)18-36-29(35)19-7-6-8-21(17-19)31-27(33)24-11-4-5-12-25(24)28(31)34/h1-10,13-17,24-25H,11-12,18H2,(H,30,32)/t24-,25+. The molecule has 0 radical (unpaired) electrons. The van der Waals surface area contributed by atoms with E-state index in [-0.39, 0.29) is 29.2 Å². The first-order valence-electron chi connectivity index (χ1n) is 11.9. The van der Waals surface area contributed by atoms with Gasteiger partial charge in [0.15, 0.2) is 6.61 Å². The molecule has 0 saturated carbocycles. The summed E-state index contributed by atoms with van der Waals surface area (Å²) in [5.41, 5.74) is 0.980. The number of carbonyl (C=O) groups is 4. The molecule has 2 aliphatic rings. The van der Waals surface area contributed by atoms with Crippen molar-refractivity contribution < 1.29 is 28.7 Å². The van der Waals surface area contributed by atoms with Gasteiger partial charge in [-0.05, 0) is 67.4 Å². The van der Waals surface area contributed by atoms with Gasteiger partial charge in [0.25, 0.3) is 5.91 Å². The van der Waals surface area contributed by atoms with Crippen LogP contribution in [-0.2, 0) is 19.1 Å². The Kier molecular flexibility index (Phi) is 6.81. The third kappa shape index (κ3) is 5.28. The van der Waals surface area contributed by atoms with Gasteiger partial charge in [0, 0.05) is 5.69 Å². The molecule has 8 heteroatoms. The second kappa shape index (κ2) is 10.5. The molecule has 2 atom stereocenters. The monoisotopic (exact) mass is 496 g/mol. The van der Waals surface area contributed by atoms with Crippen LogP contribution in [-0.4, -0.2) is 30.3 Å². The molecule has 0 spiro atoms. The normalized spacial score (nSPS) is 18.3. The number of nitrogens with one attached hydrogen (secondary N) is 1. The smallest absolute Gasteiger partial charge is 0.338 e. The van der Waals surface area contributed by atoms with Crippen molar-refractivity contribution in [3.8, 4) is 11.5 Å². The van der Waals surface area contributed by atoms with Gasteiger partial charge in [-0.1, -0.05) is 36.4 Å². The van der Waals surface area contributed by atoms with Gasteiger partial charge in [-0.25, -0.2) is 4.79 Å². The third-order valence-corrected chi connectivity index (χ3v) is 6.30. The molecule has 1 aliphatic heterocycles. The fraction of sp³-hybridized carbons (Fsp3) is 0.172. The quantitative estimate of drug-likeness (QED) is 0.288. The molecule has 1 aliphatic carbocycles. The van der Waals surface area contributed by atoms with E-state index >= 15 is 0 Å². The summed E-state index contributed by atoms with van der Waals surface area (Å²) >= 11 is 0. The Morgan fingerprint density at radius 3 is 2.14 bits per heavy atom. The second-order valence-corrected chi connectivity index (χ2v) is 8.78. The van der Waals surface area contributed by atoms with Crippen LogP contribution in [0, 0.1) is 11.8 Å². The van der Waals surface area contributed by atoms with E-state index in [4.69, 9.17) is 9.47 Å². The van der Waals surface area contributed by atoms with E-state index in [2.05, 4.69) is 5.32 Å². The number of hydrogen-bond acceptors (Lipinski definition) is 6. The van der Waals surface area contributed by atoms with Crippen molar-refractivity contribution in [3.05, 3.63) is 96.6 Å². The Labute approximate surface area is 213 Å². The summed E-state index contributed by atoms with van der Waals surface area (Å²) in [7, 11) is 0. The van der Waals surface area contributed by atoms with E-state index in [1.165, 1.54) is 12.1 Å². The summed E-state index contributed by atoms with van der Waals surface area (Å²) in [4.78, 5) is 51.7. The first-order valence-corrected chi connectivity index (χ1v) is 11.9. The maximum atomic E-state index is 12.8. The molecule has 0 unspecified atom stereocenters. The lowest BCUT2D eigenvalue weighted by Gasteiger charge is -2.15. The van der Waals surface area contributed by atoms with E-state index in [1.807, 2.05) is 42.5 Å². The van der Waals surface area contributed by atoms with Crippen molar-refractivity contribution in [2.45, 2.75) is 12.8 Å². The zero-order chi connectivity index (χ0) is 25.8. The van der Waals surface area contributed by atoms with Crippen LogP contribution in [0.2, 0.25) is 0 Å². The van der Waals surface area contributed by atoms with Gasteiger partial charge in [-0.2, -0.15) is 0 Å². The number of rotatable bonds is 7. The van der Waals surface area contributed by atoms with Crippen molar-refractivity contribution in [1.82, 2.24) is 0 Å². The summed E-state index contributed by atoms with van der Waals surface area (Å²) in [5, 5.41) is 2.66. The Morgan fingerprint density at radius 1 is 0.811 bits per heavy atom. The number of para-hydroxylation sites is 1. The second-order valence-electron chi connectivity index (χ2n) is 8.78. The highest BCUT2D eigenvalue weighted by Crippen LogP contribution is 2.37. The number of amides is 3. The van der Waals surface area contributed by atoms with E-state index < -0.39 is 18.5 Å². The zero-order valence-corrected chi connectivity index (χ0v) is 19.8. The Balaban J connectivity index is 1.16. The van der Waals surface area contributed by atoms with E-state index in [0.29, 0.717) is 35.7 Å². The van der Waals surface area contributed by atoms with Gasteiger partial charge < -0.3 is 14.8 Å². The fourth-order valence-corrected chi connectivity index (χ4v) is 4.47. The van der Waals surface area contributed by atoms with Gasteiger partial charge >= 0.3 is 5.97 Å². The minimum absolute atomic E-state index is 0.140. The molecule has 3 aromatic carbocycles. The molecule has 5 rings (SSSR count). The number of anilines is 2. The molecule has 1 N–H and O–H groups in total. The van der Waals surface area contributed by atoms with Crippen LogP contribution in [0.5, 0.6) is 11.5 Å². The van der Waals surface area contributed by atoms with Gasteiger partial charge in [-0.3, -0.25) is 19.3 Å². The Hall–Kier alpha value is -4.72. The van der Waals surface area contributed by atoms with Crippen molar-refractivity contribution in [1.29, 1.82) is 0 Å². The summed E-state index contributed by atoms with van der Waals surface area (Å²) in [6, 6.07) is 22.2. The number of benzene rings is 3. The van der Waals surface area contributed by atoms with E-state index in [0.717, 1.165) is 4.90 Å². The molecular formula is C29H24N2O6. The zero-order valence-electron chi connectivity index (χ0n) is 19.8. The van der Waals surface area contributed by atoms with Gasteiger partial charge in [-0.15, -0.1) is 0 Å². The highest BCUT2D eigenvalue weighted by Gasteiger charge is 2.47. The maximum absolute atomic E-state index is 12.8.